The maximum atomic E-state index is 11.7. The van der Waals surface area contributed by atoms with Crippen molar-refractivity contribution in [1.29, 1.82) is 0 Å². The summed E-state index contributed by atoms with van der Waals surface area (Å²) in [7, 11) is 0. The number of rotatable bonds is 4. The summed E-state index contributed by atoms with van der Waals surface area (Å²) in [4.78, 5) is 15.6. The highest BCUT2D eigenvalue weighted by molar-refractivity contribution is 5.80. The Morgan fingerprint density at radius 2 is 1.91 bits per heavy atom. The molecule has 122 valence electrons. The molecule has 1 unspecified atom stereocenters. The van der Waals surface area contributed by atoms with Gasteiger partial charge >= 0.3 is 0 Å². The molecule has 0 spiro atoms. The molecule has 3 rings (SSSR count). The van der Waals surface area contributed by atoms with Gasteiger partial charge in [-0.3, -0.25) is 9.69 Å². The summed E-state index contributed by atoms with van der Waals surface area (Å²) in [5.41, 5.74) is 0.901. The lowest BCUT2D eigenvalue weighted by atomic mass is 10.2. The minimum Gasteiger partial charge on any atom is -0.419 e. The molecule has 1 saturated heterocycles. The summed E-state index contributed by atoms with van der Waals surface area (Å²) in [6.07, 6.45) is -0.939. The van der Waals surface area contributed by atoms with Crippen molar-refractivity contribution in [2.24, 2.45) is 0 Å². The number of piperazine rings is 1. The van der Waals surface area contributed by atoms with Crippen LogP contribution in [0.3, 0.4) is 0 Å². The van der Waals surface area contributed by atoms with E-state index in [0.717, 1.165) is 18.7 Å². The highest BCUT2D eigenvalue weighted by Crippen LogP contribution is 2.18. The van der Waals surface area contributed by atoms with E-state index >= 15 is 0 Å². The van der Waals surface area contributed by atoms with Crippen molar-refractivity contribution in [3.8, 4) is 11.5 Å². The van der Waals surface area contributed by atoms with E-state index in [0.29, 0.717) is 31.4 Å². The fourth-order valence-corrected chi connectivity index (χ4v) is 2.60. The van der Waals surface area contributed by atoms with Gasteiger partial charge in [-0.1, -0.05) is 18.2 Å². The van der Waals surface area contributed by atoms with Crippen molar-refractivity contribution in [1.82, 2.24) is 20.0 Å². The molecule has 1 amide bonds. The average molecular weight is 316 g/mol. The van der Waals surface area contributed by atoms with Gasteiger partial charge in [0.25, 0.3) is 5.91 Å². The Hall–Kier alpha value is -2.25. The van der Waals surface area contributed by atoms with Crippen LogP contribution in [0, 0.1) is 0 Å². The molecule has 1 aromatic carbocycles. The molecule has 1 atom stereocenters. The number of carbonyl (C=O) groups excluding carboxylic acids is 1. The van der Waals surface area contributed by atoms with Gasteiger partial charge in [0.15, 0.2) is 0 Å². The zero-order chi connectivity index (χ0) is 16.2. The van der Waals surface area contributed by atoms with Gasteiger partial charge < -0.3 is 14.4 Å². The van der Waals surface area contributed by atoms with Crippen molar-refractivity contribution < 1.29 is 14.3 Å². The Bertz CT molecular complexity index is 648. The fraction of sp³-hybridized carbons (Fsp3) is 0.438. The third-order valence-electron chi connectivity index (χ3n) is 3.89. The first-order chi connectivity index (χ1) is 11.1. The van der Waals surface area contributed by atoms with Crippen molar-refractivity contribution in [3.63, 3.8) is 0 Å². The number of amides is 1. The van der Waals surface area contributed by atoms with E-state index < -0.39 is 6.10 Å². The average Bonchev–Trinajstić information content (AvgIpc) is 3.04. The van der Waals surface area contributed by atoms with E-state index in [-0.39, 0.29) is 5.91 Å². The fourth-order valence-electron chi connectivity index (χ4n) is 2.60. The van der Waals surface area contributed by atoms with Crippen molar-refractivity contribution in [2.75, 3.05) is 26.2 Å². The number of aliphatic hydroxyl groups excluding tert-OH is 1. The molecule has 7 heteroatoms. The number of benzene rings is 1. The van der Waals surface area contributed by atoms with Crippen LogP contribution in [0.15, 0.2) is 34.7 Å². The van der Waals surface area contributed by atoms with Crippen LogP contribution in [-0.2, 0) is 11.3 Å². The van der Waals surface area contributed by atoms with Gasteiger partial charge in [-0.25, -0.2) is 0 Å². The SMILES string of the molecule is CC(O)C(=O)N1CCN(Cc2nnc(-c3ccccc3)o2)CC1. The summed E-state index contributed by atoms with van der Waals surface area (Å²) in [5.74, 6) is 0.872. The molecule has 2 heterocycles. The van der Waals surface area contributed by atoms with Crippen LogP contribution >= 0.6 is 0 Å². The smallest absolute Gasteiger partial charge is 0.251 e. The van der Waals surface area contributed by atoms with Crippen LogP contribution in [0.25, 0.3) is 11.5 Å². The van der Waals surface area contributed by atoms with Gasteiger partial charge in [-0.2, -0.15) is 0 Å². The highest BCUT2D eigenvalue weighted by atomic mass is 16.4. The molecule has 1 N–H and O–H groups in total. The molecule has 1 aliphatic heterocycles. The molecule has 1 aromatic heterocycles. The summed E-state index contributed by atoms with van der Waals surface area (Å²) < 4.78 is 5.70. The lowest BCUT2D eigenvalue weighted by Gasteiger charge is -2.34. The minimum absolute atomic E-state index is 0.214. The predicted octanol–water partition coefficient (Wildman–Crippen LogP) is 0.762. The molecule has 1 aliphatic rings. The number of hydrogen-bond donors (Lipinski definition) is 1. The van der Waals surface area contributed by atoms with E-state index in [9.17, 15) is 9.90 Å². The number of carbonyl (C=O) groups is 1. The molecular weight excluding hydrogens is 296 g/mol. The Labute approximate surface area is 134 Å². The van der Waals surface area contributed by atoms with Crippen LogP contribution in [0.5, 0.6) is 0 Å². The van der Waals surface area contributed by atoms with Crippen molar-refractivity contribution in [2.45, 2.75) is 19.6 Å². The summed E-state index contributed by atoms with van der Waals surface area (Å²) >= 11 is 0. The first-order valence-electron chi connectivity index (χ1n) is 7.70. The summed E-state index contributed by atoms with van der Waals surface area (Å²) in [6.45, 7) is 4.71. The molecule has 0 aliphatic carbocycles. The Morgan fingerprint density at radius 3 is 2.57 bits per heavy atom. The molecular formula is C16H20N4O3. The summed E-state index contributed by atoms with van der Waals surface area (Å²) in [6, 6.07) is 9.65. The standard InChI is InChI=1S/C16H20N4O3/c1-12(21)16(22)20-9-7-19(8-10-20)11-14-17-18-15(23-14)13-5-3-2-4-6-13/h2-6,12,21H,7-11H2,1H3. The molecule has 7 nitrogen and oxygen atoms in total. The molecule has 0 radical (unpaired) electrons. The molecule has 0 saturated carbocycles. The van der Waals surface area contributed by atoms with Crippen LogP contribution < -0.4 is 0 Å². The molecule has 23 heavy (non-hydrogen) atoms. The van der Waals surface area contributed by atoms with E-state index in [2.05, 4.69) is 15.1 Å². The van der Waals surface area contributed by atoms with E-state index in [4.69, 9.17) is 4.42 Å². The van der Waals surface area contributed by atoms with Gasteiger partial charge in [0.2, 0.25) is 11.8 Å². The third-order valence-corrected chi connectivity index (χ3v) is 3.89. The van der Waals surface area contributed by atoms with E-state index in [1.54, 1.807) is 4.90 Å². The predicted molar refractivity (Wildman–Crippen MR) is 83.3 cm³/mol. The molecule has 0 bridgehead atoms. The first kappa shape index (κ1) is 15.6. The van der Waals surface area contributed by atoms with Crippen molar-refractivity contribution in [3.05, 3.63) is 36.2 Å². The number of nitrogens with zero attached hydrogens (tertiary/aromatic N) is 4. The minimum atomic E-state index is -0.939. The lowest BCUT2D eigenvalue weighted by Crippen LogP contribution is -2.50. The largest absolute Gasteiger partial charge is 0.419 e. The topological polar surface area (TPSA) is 82.7 Å². The summed E-state index contributed by atoms with van der Waals surface area (Å²) in [5, 5.41) is 17.5. The van der Waals surface area contributed by atoms with Crippen LogP contribution in [-0.4, -0.2) is 63.3 Å². The number of aliphatic hydroxyl groups is 1. The van der Waals surface area contributed by atoms with Crippen LogP contribution in [0.1, 0.15) is 12.8 Å². The van der Waals surface area contributed by atoms with Gasteiger partial charge in [-0.05, 0) is 19.1 Å². The quantitative estimate of drug-likeness (QED) is 0.897. The maximum absolute atomic E-state index is 11.7. The van der Waals surface area contributed by atoms with Crippen LogP contribution in [0.4, 0.5) is 0 Å². The molecule has 2 aromatic rings. The Kier molecular flexibility index (Phi) is 4.68. The van der Waals surface area contributed by atoms with Gasteiger partial charge in [0.1, 0.15) is 6.10 Å². The van der Waals surface area contributed by atoms with Gasteiger partial charge in [0.05, 0.1) is 6.54 Å². The van der Waals surface area contributed by atoms with Gasteiger partial charge in [-0.15, -0.1) is 10.2 Å². The monoisotopic (exact) mass is 316 g/mol. The first-order valence-corrected chi connectivity index (χ1v) is 7.70. The van der Waals surface area contributed by atoms with E-state index in [1.165, 1.54) is 6.92 Å². The van der Waals surface area contributed by atoms with Crippen molar-refractivity contribution >= 4 is 5.91 Å². The second-order valence-corrected chi connectivity index (χ2v) is 5.64. The zero-order valence-corrected chi connectivity index (χ0v) is 13.1. The second-order valence-electron chi connectivity index (χ2n) is 5.64. The van der Waals surface area contributed by atoms with E-state index in [1.807, 2.05) is 30.3 Å². The number of aromatic nitrogens is 2. The third kappa shape index (κ3) is 3.75. The lowest BCUT2D eigenvalue weighted by molar-refractivity contribution is -0.141. The maximum Gasteiger partial charge on any atom is 0.251 e. The van der Waals surface area contributed by atoms with Crippen LogP contribution in [0.2, 0.25) is 0 Å². The molecule has 1 fully saturated rings. The second kappa shape index (κ2) is 6.89. The number of hydrogen-bond acceptors (Lipinski definition) is 6. The highest BCUT2D eigenvalue weighted by Gasteiger charge is 2.24. The Balaban J connectivity index is 1.55. The Morgan fingerprint density at radius 1 is 1.22 bits per heavy atom. The zero-order valence-electron chi connectivity index (χ0n) is 13.1. The normalized spacial score (nSPS) is 17.2. The van der Waals surface area contributed by atoms with Gasteiger partial charge in [0, 0.05) is 31.7 Å².